The summed E-state index contributed by atoms with van der Waals surface area (Å²) in [6.45, 7) is 5.96. The number of ether oxygens (including phenoxy) is 3. The fourth-order valence-electron chi connectivity index (χ4n) is 10.5. The molecular weight excluding hydrogens is 456 g/mol. The van der Waals surface area contributed by atoms with Gasteiger partial charge in [-0.3, -0.25) is 14.4 Å². The molecule has 0 heterocycles. The lowest BCUT2D eigenvalue weighted by Gasteiger charge is -2.52. The summed E-state index contributed by atoms with van der Waals surface area (Å²) in [5.74, 6) is 4.79. The van der Waals surface area contributed by atoms with Crippen LogP contribution >= 0.6 is 0 Å². The second kappa shape index (κ2) is 8.28. The molecule has 198 valence electrons. The van der Waals surface area contributed by atoms with Crippen LogP contribution in [0.2, 0.25) is 0 Å². The highest BCUT2D eigenvalue weighted by molar-refractivity contribution is 5.86. The van der Waals surface area contributed by atoms with Gasteiger partial charge in [-0.05, 0) is 119 Å². The Hall–Kier alpha value is -1.43. The van der Waals surface area contributed by atoms with Crippen LogP contribution in [0.4, 0.5) is 0 Å². The van der Waals surface area contributed by atoms with Crippen molar-refractivity contribution in [2.45, 2.75) is 90.8 Å². The van der Waals surface area contributed by atoms with Crippen LogP contribution in [0.3, 0.4) is 0 Å². The third-order valence-corrected chi connectivity index (χ3v) is 12.3. The van der Waals surface area contributed by atoms with Crippen molar-refractivity contribution in [2.75, 3.05) is 6.79 Å². The molecule has 0 aromatic rings. The van der Waals surface area contributed by atoms with Crippen molar-refractivity contribution < 1.29 is 28.6 Å². The number of ketones is 1. The first-order chi connectivity index (χ1) is 17.2. The van der Waals surface area contributed by atoms with E-state index in [9.17, 15) is 14.4 Å². The average molecular weight is 499 g/mol. The SMILES string of the molecule is CCC(C)(C)C(=O)OC1CC2CC1C1C3CC(CC3C(=O)OCOC3C4CC5CC(C4)C(=O)C3C5)C21. The number of carbonyl (C=O) groups is 3. The van der Waals surface area contributed by atoms with Gasteiger partial charge in [-0.2, -0.15) is 0 Å². The Morgan fingerprint density at radius 1 is 0.889 bits per heavy atom. The second-order valence-corrected chi connectivity index (χ2v) is 14.2. The Labute approximate surface area is 214 Å². The normalized spacial score (nSPS) is 49.5. The summed E-state index contributed by atoms with van der Waals surface area (Å²) < 4.78 is 18.0. The minimum absolute atomic E-state index is 0.0144. The topological polar surface area (TPSA) is 78.9 Å². The van der Waals surface area contributed by atoms with Crippen molar-refractivity contribution in [3.05, 3.63) is 0 Å². The summed E-state index contributed by atoms with van der Waals surface area (Å²) in [5, 5.41) is 0. The van der Waals surface area contributed by atoms with Crippen LogP contribution in [0, 0.1) is 70.5 Å². The van der Waals surface area contributed by atoms with Crippen molar-refractivity contribution in [2.24, 2.45) is 70.5 Å². The van der Waals surface area contributed by atoms with E-state index in [-0.39, 0.29) is 48.7 Å². The number of fused-ring (bicyclic) bond motifs is 9. The smallest absolute Gasteiger partial charge is 0.311 e. The monoisotopic (exact) mass is 498 g/mol. The standard InChI is InChI=1S/C30H42O6/c1-4-30(2,3)29(33)36-23-12-16-11-21(23)25-19-9-15(24(16)25)10-20(19)28(32)35-13-34-27-18-6-14-5-17(8-18)26(31)22(27)7-14/h14-25,27H,4-13H2,1-3H3. The summed E-state index contributed by atoms with van der Waals surface area (Å²) in [4.78, 5) is 38.7. The lowest BCUT2D eigenvalue weighted by molar-refractivity contribution is -0.193. The van der Waals surface area contributed by atoms with Gasteiger partial charge in [-0.25, -0.2) is 0 Å². The first-order valence-electron chi connectivity index (χ1n) is 14.8. The molecule has 8 aliphatic carbocycles. The number of hydrogen-bond donors (Lipinski definition) is 0. The van der Waals surface area contributed by atoms with Crippen LogP contribution < -0.4 is 0 Å². The van der Waals surface area contributed by atoms with Crippen LogP contribution in [0.25, 0.3) is 0 Å². The van der Waals surface area contributed by atoms with E-state index in [2.05, 4.69) is 0 Å². The molecule has 0 spiro atoms. The summed E-state index contributed by atoms with van der Waals surface area (Å²) >= 11 is 0. The molecule has 0 aromatic carbocycles. The predicted octanol–water partition coefficient (Wildman–Crippen LogP) is 4.78. The number of Topliss-reactive ketones (excluding diaryl/α,β-unsaturated/α-hetero) is 1. The van der Waals surface area contributed by atoms with Crippen molar-refractivity contribution in [1.82, 2.24) is 0 Å². The van der Waals surface area contributed by atoms with Gasteiger partial charge in [0.2, 0.25) is 0 Å². The molecule has 0 amide bonds. The van der Waals surface area contributed by atoms with Gasteiger partial charge in [0.1, 0.15) is 11.9 Å². The van der Waals surface area contributed by atoms with Gasteiger partial charge in [0.05, 0.1) is 17.4 Å². The van der Waals surface area contributed by atoms with Gasteiger partial charge in [0.15, 0.2) is 6.79 Å². The number of hydrogen-bond acceptors (Lipinski definition) is 6. The largest absolute Gasteiger partial charge is 0.462 e. The van der Waals surface area contributed by atoms with E-state index in [0.717, 1.165) is 57.8 Å². The van der Waals surface area contributed by atoms with Crippen molar-refractivity contribution >= 4 is 17.7 Å². The average Bonchev–Trinajstić information content (AvgIpc) is 3.62. The van der Waals surface area contributed by atoms with Crippen LogP contribution in [-0.4, -0.2) is 36.7 Å². The fraction of sp³-hybridized carbons (Fsp3) is 0.900. The molecule has 0 radical (unpaired) electrons. The third-order valence-electron chi connectivity index (χ3n) is 12.3. The molecule has 0 N–H and O–H groups in total. The van der Waals surface area contributed by atoms with Gasteiger partial charge in [0, 0.05) is 11.8 Å². The molecule has 6 heteroatoms. The van der Waals surface area contributed by atoms with Gasteiger partial charge in [-0.15, -0.1) is 0 Å². The van der Waals surface area contributed by atoms with Crippen LogP contribution in [0.1, 0.15) is 78.6 Å². The van der Waals surface area contributed by atoms with Gasteiger partial charge in [0.25, 0.3) is 0 Å². The lowest BCUT2D eigenvalue weighted by Crippen LogP contribution is -2.55. The zero-order valence-electron chi connectivity index (χ0n) is 22.0. The van der Waals surface area contributed by atoms with Crippen LogP contribution in [-0.2, 0) is 28.6 Å². The molecule has 36 heavy (non-hydrogen) atoms. The second-order valence-electron chi connectivity index (χ2n) is 14.2. The van der Waals surface area contributed by atoms with Crippen molar-refractivity contribution in [3.63, 3.8) is 0 Å². The molecule has 13 unspecified atom stereocenters. The van der Waals surface area contributed by atoms with Crippen molar-refractivity contribution in [3.8, 4) is 0 Å². The van der Waals surface area contributed by atoms with Gasteiger partial charge >= 0.3 is 11.9 Å². The van der Waals surface area contributed by atoms with Crippen LogP contribution in [0.15, 0.2) is 0 Å². The molecule has 8 saturated carbocycles. The molecule has 0 aliphatic heterocycles. The van der Waals surface area contributed by atoms with Gasteiger partial charge in [-0.1, -0.05) is 6.92 Å². The maximum atomic E-state index is 13.2. The zero-order chi connectivity index (χ0) is 24.9. The van der Waals surface area contributed by atoms with E-state index in [1.165, 1.54) is 0 Å². The molecule has 0 aromatic heterocycles. The van der Waals surface area contributed by atoms with E-state index in [1.54, 1.807) is 0 Å². The Morgan fingerprint density at radius 2 is 1.67 bits per heavy atom. The summed E-state index contributed by atoms with van der Waals surface area (Å²) in [6.07, 6.45) is 9.12. The predicted molar refractivity (Wildman–Crippen MR) is 130 cm³/mol. The number of rotatable bonds is 7. The van der Waals surface area contributed by atoms with E-state index in [1.807, 2.05) is 20.8 Å². The molecule has 0 saturated heterocycles. The highest BCUT2D eigenvalue weighted by Gasteiger charge is 2.66. The van der Waals surface area contributed by atoms with E-state index in [0.29, 0.717) is 53.1 Å². The summed E-state index contributed by atoms with van der Waals surface area (Å²) in [5.41, 5.74) is -0.440. The molecule has 13 atom stereocenters. The Kier molecular flexibility index (Phi) is 5.45. The Bertz CT molecular complexity index is 957. The van der Waals surface area contributed by atoms with E-state index in [4.69, 9.17) is 14.2 Å². The first-order valence-corrected chi connectivity index (χ1v) is 14.8. The Balaban J connectivity index is 0.960. The molecular formula is C30H42O6. The lowest BCUT2D eigenvalue weighted by atomic mass is 9.54. The fourth-order valence-corrected chi connectivity index (χ4v) is 10.5. The minimum atomic E-state index is -0.440. The zero-order valence-corrected chi connectivity index (χ0v) is 22.0. The molecule has 8 fully saturated rings. The molecule has 8 bridgehead atoms. The number of carbonyl (C=O) groups excluding carboxylic acids is 3. The highest BCUT2D eigenvalue weighted by Crippen LogP contribution is 2.69. The van der Waals surface area contributed by atoms with Gasteiger partial charge < -0.3 is 14.2 Å². The third kappa shape index (κ3) is 3.41. The quantitative estimate of drug-likeness (QED) is 0.285. The maximum absolute atomic E-state index is 13.2. The Morgan fingerprint density at radius 3 is 2.47 bits per heavy atom. The summed E-state index contributed by atoms with van der Waals surface area (Å²) in [6, 6.07) is 0. The van der Waals surface area contributed by atoms with Crippen LogP contribution in [0.5, 0.6) is 0 Å². The minimum Gasteiger partial charge on any atom is -0.462 e. The first kappa shape index (κ1) is 23.7. The molecule has 8 rings (SSSR count). The van der Waals surface area contributed by atoms with Crippen molar-refractivity contribution in [1.29, 1.82) is 0 Å². The summed E-state index contributed by atoms with van der Waals surface area (Å²) in [7, 11) is 0. The molecule has 8 aliphatic rings. The van der Waals surface area contributed by atoms with E-state index < -0.39 is 5.41 Å². The van der Waals surface area contributed by atoms with E-state index >= 15 is 0 Å². The number of esters is 2. The molecule has 6 nitrogen and oxygen atoms in total. The maximum Gasteiger partial charge on any atom is 0.311 e. The highest BCUT2D eigenvalue weighted by atomic mass is 16.7.